The first kappa shape index (κ1) is 13.0. The molecule has 1 aromatic rings. The van der Waals surface area contributed by atoms with Gasteiger partial charge in [0, 0.05) is 0 Å². The molecule has 96 valence electrons. The molecular weight excluding hydrogens is 324 g/mol. The Morgan fingerprint density at radius 2 is 2.11 bits per heavy atom. The first-order valence-electron chi connectivity index (χ1n) is 5.04. The van der Waals surface area contributed by atoms with Crippen LogP contribution in [-0.2, 0) is 14.4 Å². The molecule has 8 heteroatoms. The van der Waals surface area contributed by atoms with Crippen LogP contribution in [0.2, 0.25) is 0 Å². The van der Waals surface area contributed by atoms with Gasteiger partial charge in [0.1, 0.15) is 12.1 Å². The lowest BCUT2D eigenvalue weighted by Crippen LogP contribution is -2.58. The number of carboxylic acids is 1. The molecule has 1 aliphatic heterocycles. The second-order valence-corrected chi connectivity index (χ2v) is 6.08. The van der Waals surface area contributed by atoms with Gasteiger partial charge in [0.05, 0.1) is 10.2 Å². The topological polar surface area (TPSA) is 95.5 Å². The summed E-state index contributed by atoms with van der Waals surface area (Å²) in [6.07, 6.45) is -0.419. The Bertz CT molecular complexity index is 516. The molecule has 0 spiro atoms. The lowest BCUT2D eigenvalue weighted by atomic mass is 10.0. The zero-order valence-corrected chi connectivity index (χ0v) is 11.4. The van der Waals surface area contributed by atoms with Crippen molar-refractivity contribution in [1.29, 1.82) is 0 Å². The number of hydrogen-bond acceptors (Lipinski definition) is 4. The lowest BCUT2D eigenvalue weighted by molar-refractivity contribution is -0.143. The molecule has 1 fully saturated rings. The predicted molar refractivity (Wildman–Crippen MR) is 67.1 cm³/mol. The van der Waals surface area contributed by atoms with E-state index < -0.39 is 36.3 Å². The second kappa shape index (κ2) is 5.07. The number of amides is 2. The van der Waals surface area contributed by atoms with Crippen LogP contribution in [0.1, 0.15) is 18.0 Å². The molecule has 18 heavy (non-hydrogen) atoms. The quantitative estimate of drug-likeness (QED) is 0.756. The van der Waals surface area contributed by atoms with E-state index in [9.17, 15) is 14.4 Å². The highest BCUT2D eigenvalue weighted by Gasteiger charge is 2.35. The van der Waals surface area contributed by atoms with E-state index in [0.717, 1.165) is 3.79 Å². The minimum absolute atomic E-state index is 0.397. The van der Waals surface area contributed by atoms with Gasteiger partial charge >= 0.3 is 5.97 Å². The molecule has 6 nitrogen and oxygen atoms in total. The third kappa shape index (κ3) is 2.70. The SMILES string of the molecule is O=C(O)C[C@@H]1NC(=O)C(c2csc(Br)c2)NC1=O. The van der Waals surface area contributed by atoms with Gasteiger partial charge in [-0.25, -0.2) is 0 Å². The van der Waals surface area contributed by atoms with Crippen LogP contribution in [0.5, 0.6) is 0 Å². The van der Waals surface area contributed by atoms with E-state index in [0.29, 0.717) is 5.56 Å². The number of nitrogens with one attached hydrogen (secondary N) is 2. The first-order valence-corrected chi connectivity index (χ1v) is 6.71. The number of hydrogen-bond donors (Lipinski definition) is 3. The van der Waals surface area contributed by atoms with Gasteiger partial charge in [-0.3, -0.25) is 14.4 Å². The van der Waals surface area contributed by atoms with Crippen molar-refractivity contribution in [3.05, 3.63) is 20.8 Å². The average Bonchev–Trinajstić information content (AvgIpc) is 2.69. The number of carbonyl (C=O) groups excluding carboxylic acids is 2. The van der Waals surface area contributed by atoms with Crippen molar-refractivity contribution in [2.75, 3.05) is 0 Å². The third-order valence-electron chi connectivity index (χ3n) is 2.48. The van der Waals surface area contributed by atoms with Crippen molar-refractivity contribution >= 4 is 45.1 Å². The van der Waals surface area contributed by atoms with Crippen LogP contribution in [-0.4, -0.2) is 28.9 Å². The van der Waals surface area contributed by atoms with Crippen LogP contribution in [0.15, 0.2) is 15.2 Å². The van der Waals surface area contributed by atoms with Crippen molar-refractivity contribution in [2.45, 2.75) is 18.5 Å². The smallest absolute Gasteiger partial charge is 0.305 e. The zero-order valence-electron chi connectivity index (χ0n) is 8.97. The van der Waals surface area contributed by atoms with Gasteiger partial charge in [-0.15, -0.1) is 11.3 Å². The lowest BCUT2D eigenvalue weighted by Gasteiger charge is -2.28. The number of aliphatic carboxylic acids is 1. The Morgan fingerprint density at radius 1 is 1.39 bits per heavy atom. The summed E-state index contributed by atoms with van der Waals surface area (Å²) in [7, 11) is 0. The van der Waals surface area contributed by atoms with Crippen molar-refractivity contribution in [3.63, 3.8) is 0 Å². The molecule has 0 aromatic carbocycles. The summed E-state index contributed by atoms with van der Waals surface area (Å²) in [5.41, 5.74) is 0.673. The van der Waals surface area contributed by atoms with Gasteiger partial charge in [0.2, 0.25) is 11.8 Å². The molecule has 3 N–H and O–H groups in total. The second-order valence-electron chi connectivity index (χ2n) is 3.78. The van der Waals surface area contributed by atoms with E-state index in [1.165, 1.54) is 11.3 Å². The highest BCUT2D eigenvalue weighted by molar-refractivity contribution is 9.11. The van der Waals surface area contributed by atoms with Crippen LogP contribution in [0.3, 0.4) is 0 Å². The van der Waals surface area contributed by atoms with E-state index in [2.05, 4.69) is 26.6 Å². The number of piperazine rings is 1. The van der Waals surface area contributed by atoms with E-state index in [4.69, 9.17) is 5.11 Å². The largest absolute Gasteiger partial charge is 0.481 e. The van der Waals surface area contributed by atoms with Crippen LogP contribution in [0, 0.1) is 0 Å². The van der Waals surface area contributed by atoms with Gasteiger partial charge in [-0.1, -0.05) is 0 Å². The Balaban J connectivity index is 2.12. The predicted octanol–water partition coefficient (Wildman–Crippen LogP) is 0.641. The maximum atomic E-state index is 11.8. The minimum atomic E-state index is -1.13. The van der Waals surface area contributed by atoms with Crippen molar-refractivity contribution in [1.82, 2.24) is 10.6 Å². The number of carbonyl (C=O) groups is 3. The fourth-order valence-corrected chi connectivity index (χ4v) is 2.86. The minimum Gasteiger partial charge on any atom is -0.481 e. The van der Waals surface area contributed by atoms with Crippen LogP contribution >= 0.6 is 27.3 Å². The standard InChI is InChI=1S/C10H9BrN2O4S/c11-6-1-4(3-18-6)8-10(17)12-5(2-7(14)15)9(16)13-8/h1,3,5,8H,2H2,(H,12,17)(H,13,16)(H,14,15)/t5-,8?/m0/s1. The summed E-state index contributed by atoms with van der Waals surface area (Å²) >= 11 is 4.68. The molecule has 2 rings (SSSR count). The molecule has 2 amide bonds. The maximum absolute atomic E-state index is 11.8. The van der Waals surface area contributed by atoms with Crippen molar-refractivity contribution in [3.8, 4) is 0 Å². The van der Waals surface area contributed by atoms with E-state index in [-0.39, 0.29) is 0 Å². The van der Waals surface area contributed by atoms with E-state index >= 15 is 0 Å². The number of halogens is 1. The van der Waals surface area contributed by atoms with Gasteiger partial charge in [-0.2, -0.15) is 0 Å². The van der Waals surface area contributed by atoms with Crippen LogP contribution in [0.4, 0.5) is 0 Å². The van der Waals surface area contributed by atoms with Gasteiger partial charge < -0.3 is 15.7 Å². The number of carboxylic acid groups (broad SMARTS) is 1. The Kier molecular flexibility index (Phi) is 3.67. The summed E-state index contributed by atoms with van der Waals surface area (Å²) in [6.45, 7) is 0. The molecule has 1 saturated heterocycles. The molecule has 1 unspecified atom stereocenters. The summed E-state index contributed by atoms with van der Waals surface area (Å²) < 4.78 is 0.854. The van der Waals surface area contributed by atoms with Crippen molar-refractivity contribution < 1.29 is 19.5 Å². The number of rotatable bonds is 3. The summed E-state index contributed by atoms with van der Waals surface area (Å²) in [5, 5.41) is 15.3. The summed E-state index contributed by atoms with van der Waals surface area (Å²) in [4.78, 5) is 34.0. The molecule has 1 aliphatic rings. The Hall–Kier alpha value is -1.41. The molecule has 1 aromatic heterocycles. The summed E-state index contributed by atoms with van der Waals surface area (Å²) in [5.74, 6) is -2.01. The molecule has 0 aliphatic carbocycles. The maximum Gasteiger partial charge on any atom is 0.305 e. The Labute approximate surface area is 115 Å². The third-order valence-corrected chi connectivity index (χ3v) is 4.00. The normalized spacial score (nSPS) is 23.4. The van der Waals surface area contributed by atoms with Gasteiger partial charge in [-0.05, 0) is 32.9 Å². The molecular formula is C10H9BrN2O4S. The zero-order chi connectivity index (χ0) is 13.3. The summed E-state index contributed by atoms with van der Waals surface area (Å²) in [6, 6.07) is -0.0226. The molecule has 2 atom stereocenters. The molecule has 0 saturated carbocycles. The Morgan fingerprint density at radius 3 is 2.67 bits per heavy atom. The van der Waals surface area contributed by atoms with Crippen LogP contribution < -0.4 is 10.6 Å². The van der Waals surface area contributed by atoms with Gasteiger partial charge in [0.25, 0.3) is 0 Å². The van der Waals surface area contributed by atoms with E-state index in [1.54, 1.807) is 11.4 Å². The average molecular weight is 333 g/mol. The molecule has 2 heterocycles. The number of thiophene rings is 1. The molecule has 0 radical (unpaired) electrons. The fraction of sp³-hybridized carbons (Fsp3) is 0.300. The highest BCUT2D eigenvalue weighted by Crippen LogP contribution is 2.26. The highest BCUT2D eigenvalue weighted by atomic mass is 79.9. The van der Waals surface area contributed by atoms with Crippen molar-refractivity contribution in [2.24, 2.45) is 0 Å². The molecule has 0 bridgehead atoms. The first-order chi connectivity index (χ1) is 8.47. The van der Waals surface area contributed by atoms with Gasteiger partial charge in [0.15, 0.2) is 0 Å². The fourth-order valence-electron chi connectivity index (χ4n) is 1.66. The monoisotopic (exact) mass is 332 g/mol. The van der Waals surface area contributed by atoms with E-state index in [1.807, 2.05) is 0 Å². The van der Waals surface area contributed by atoms with Crippen LogP contribution in [0.25, 0.3) is 0 Å².